The van der Waals surface area contributed by atoms with Crippen LogP contribution in [0, 0.1) is 0 Å². The Kier molecular flexibility index (Phi) is 5.68. The number of hydrogen-bond donors (Lipinski definition) is 2. The van der Waals surface area contributed by atoms with Crippen molar-refractivity contribution in [1.82, 2.24) is 14.3 Å². The predicted molar refractivity (Wildman–Crippen MR) is 65.5 cm³/mol. The first-order chi connectivity index (χ1) is 7.56. The molecule has 0 amide bonds. The summed E-state index contributed by atoms with van der Waals surface area (Å²) in [5.74, 6) is 0. The summed E-state index contributed by atoms with van der Waals surface area (Å²) in [6.45, 7) is 4.01. The third kappa shape index (κ3) is 4.37. The zero-order valence-electron chi connectivity index (χ0n) is 10.2. The Morgan fingerprint density at radius 2 is 2.19 bits per heavy atom. The van der Waals surface area contributed by atoms with Gasteiger partial charge in [-0.1, -0.05) is 13.3 Å². The van der Waals surface area contributed by atoms with Crippen molar-refractivity contribution < 1.29 is 8.42 Å². The lowest BCUT2D eigenvalue weighted by molar-refractivity contribution is 0.335. The summed E-state index contributed by atoms with van der Waals surface area (Å²) in [7, 11) is -1.65. The predicted octanol–water partition coefficient (Wildman–Crippen LogP) is 0.305. The van der Waals surface area contributed by atoms with Gasteiger partial charge in [0, 0.05) is 26.2 Å². The van der Waals surface area contributed by atoms with Crippen molar-refractivity contribution in [3.8, 4) is 0 Å². The molecule has 16 heavy (non-hydrogen) atoms. The first kappa shape index (κ1) is 13.9. The molecule has 0 saturated carbocycles. The van der Waals surface area contributed by atoms with E-state index in [2.05, 4.69) is 10.0 Å². The average molecular weight is 249 g/mol. The van der Waals surface area contributed by atoms with E-state index in [9.17, 15) is 8.42 Å². The van der Waals surface area contributed by atoms with Crippen molar-refractivity contribution in [2.75, 3.05) is 26.7 Å². The summed E-state index contributed by atoms with van der Waals surface area (Å²) < 4.78 is 27.5. The van der Waals surface area contributed by atoms with Crippen LogP contribution in [0.1, 0.15) is 32.6 Å². The number of likely N-dealkylation sites (N-methyl/N-ethyl adjacent to an activating group) is 1. The Balaban J connectivity index is 2.40. The van der Waals surface area contributed by atoms with Crippen LogP contribution < -0.4 is 10.0 Å². The van der Waals surface area contributed by atoms with Gasteiger partial charge in [-0.25, -0.2) is 4.72 Å². The van der Waals surface area contributed by atoms with Crippen molar-refractivity contribution in [3.63, 3.8) is 0 Å². The fourth-order valence-electron chi connectivity index (χ4n) is 1.83. The van der Waals surface area contributed by atoms with Crippen LogP contribution in [0.25, 0.3) is 0 Å². The van der Waals surface area contributed by atoms with Crippen LogP contribution in [-0.4, -0.2) is 45.4 Å². The third-order valence-corrected chi connectivity index (χ3v) is 4.37. The van der Waals surface area contributed by atoms with Gasteiger partial charge in [0.2, 0.25) is 0 Å². The first-order valence-corrected chi connectivity index (χ1v) is 7.44. The van der Waals surface area contributed by atoms with E-state index in [-0.39, 0.29) is 0 Å². The molecule has 1 atom stereocenters. The number of nitrogens with zero attached hydrogens (tertiary/aromatic N) is 1. The number of rotatable bonds is 6. The van der Waals surface area contributed by atoms with Crippen molar-refractivity contribution in [3.05, 3.63) is 0 Å². The molecule has 0 aromatic carbocycles. The highest BCUT2D eigenvalue weighted by Crippen LogP contribution is 2.09. The maximum absolute atomic E-state index is 11.8. The van der Waals surface area contributed by atoms with Crippen LogP contribution in [0.4, 0.5) is 0 Å². The minimum absolute atomic E-state index is 0.303. The second-order valence-electron chi connectivity index (χ2n) is 4.33. The Hall–Kier alpha value is -0.170. The Bertz CT molecular complexity index is 286. The smallest absolute Gasteiger partial charge is 0.279 e. The second kappa shape index (κ2) is 6.54. The highest BCUT2D eigenvalue weighted by Gasteiger charge is 2.21. The highest BCUT2D eigenvalue weighted by atomic mass is 32.2. The van der Waals surface area contributed by atoms with Crippen LogP contribution in [0.5, 0.6) is 0 Å². The summed E-state index contributed by atoms with van der Waals surface area (Å²) in [5.41, 5.74) is 0. The van der Waals surface area contributed by atoms with Crippen molar-refractivity contribution in [2.45, 2.75) is 38.6 Å². The Morgan fingerprint density at radius 1 is 1.44 bits per heavy atom. The van der Waals surface area contributed by atoms with Gasteiger partial charge in [-0.15, -0.1) is 0 Å². The highest BCUT2D eigenvalue weighted by molar-refractivity contribution is 7.87. The van der Waals surface area contributed by atoms with Crippen molar-refractivity contribution >= 4 is 10.2 Å². The van der Waals surface area contributed by atoms with Crippen molar-refractivity contribution in [1.29, 1.82) is 0 Å². The molecule has 1 aliphatic heterocycles. The topological polar surface area (TPSA) is 61.4 Å². The van der Waals surface area contributed by atoms with Gasteiger partial charge in [-0.3, -0.25) is 0 Å². The van der Waals surface area contributed by atoms with Gasteiger partial charge in [0.25, 0.3) is 10.2 Å². The van der Waals surface area contributed by atoms with E-state index >= 15 is 0 Å². The normalized spacial score (nSPS) is 22.6. The molecule has 0 aromatic heterocycles. The molecule has 2 N–H and O–H groups in total. The SMILES string of the molecule is CCCNS(=O)(=O)N(C)CC1CCCCN1. The summed E-state index contributed by atoms with van der Waals surface area (Å²) in [6, 6.07) is 0.303. The monoisotopic (exact) mass is 249 g/mol. The molecule has 0 spiro atoms. The fraction of sp³-hybridized carbons (Fsp3) is 1.00. The maximum Gasteiger partial charge on any atom is 0.279 e. The summed E-state index contributed by atoms with van der Waals surface area (Å²) in [6.07, 6.45) is 4.26. The van der Waals surface area contributed by atoms with Gasteiger partial charge in [0.05, 0.1) is 0 Å². The Morgan fingerprint density at radius 3 is 2.75 bits per heavy atom. The molecule has 1 rings (SSSR count). The van der Waals surface area contributed by atoms with Crippen LogP contribution in [-0.2, 0) is 10.2 Å². The molecule has 5 nitrogen and oxygen atoms in total. The lowest BCUT2D eigenvalue weighted by atomic mass is 10.1. The van der Waals surface area contributed by atoms with E-state index in [0.717, 1.165) is 19.4 Å². The molecule has 0 bridgehead atoms. The van der Waals surface area contributed by atoms with Crippen LogP contribution in [0.2, 0.25) is 0 Å². The van der Waals surface area contributed by atoms with E-state index in [1.165, 1.54) is 17.1 Å². The molecule has 96 valence electrons. The molecule has 1 aliphatic rings. The third-order valence-electron chi connectivity index (χ3n) is 2.83. The lowest BCUT2D eigenvalue weighted by Gasteiger charge is -2.27. The van der Waals surface area contributed by atoms with Gasteiger partial charge >= 0.3 is 0 Å². The van der Waals surface area contributed by atoms with E-state index in [4.69, 9.17) is 0 Å². The second-order valence-corrected chi connectivity index (χ2v) is 6.19. The van der Waals surface area contributed by atoms with Crippen molar-refractivity contribution in [2.24, 2.45) is 0 Å². The zero-order chi connectivity index (χ0) is 12.0. The van der Waals surface area contributed by atoms with Gasteiger partial charge in [0.15, 0.2) is 0 Å². The maximum atomic E-state index is 11.8. The molecule has 1 saturated heterocycles. The Labute approximate surface area is 98.8 Å². The van der Waals surface area contributed by atoms with E-state index in [0.29, 0.717) is 19.1 Å². The molecule has 1 fully saturated rings. The van der Waals surface area contributed by atoms with Crippen LogP contribution >= 0.6 is 0 Å². The standard InChI is InChI=1S/C10H23N3O2S/c1-3-7-12-16(14,15)13(2)9-10-6-4-5-8-11-10/h10-12H,3-9H2,1-2H3. The molecular formula is C10H23N3O2S. The number of nitrogens with one attached hydrogen (secondary N) is 2. The first-order valence-electron chi connectivity index (χ1n) is 6.00. The summed E-state index contributed by atoms with van der Waals surface area (Å²) in [4.78, 5) is 0. The summed E-state index contributed by atoms with van der Waals surface area (Å²) >= 11 is 0. The zero-order valence-corrected chi connectivity index (χ0v) is 11.0. The van der Waals surface area contributed by atoms with E-state index in [1.54, 1.807) is 7.05 Å². The van der Waals surface area contributed by atoms with Crippen LogP contribution in [0.3, 0.4) is 0 Å². The average Bonchev–Trinajstić information content (AvgIpc) is 2.28. The molecule has 0 aliphatic carbocycles. The minimum Gasteiger partial charge on any atom is -0.313 e. The lowest BCUT2D eigenvalue weighted by Crippen LogP contribution is -2.47. The van der Waals surface area contributed by atoms with Crippen LogP contribution in [0.15, 0.2) is 0 Å². The molecular weight excluding hydrogens is 226 g/mol. The largest absolute Gasteiger partial charge is 0.313 e. The minimum atomic E-state index is -3.28. The molecule has 0 aromatic rings. The number of hydrogen-bond acceptors (Lipinski definition) is 3. The molecule has 0 radical (unpaired) electrons. The van der Waals surface area contributed by atoms with Gasteiger partial charge in [-0.05, 0) is 25.8 Å². The van der Waals surface area contributed by atoms with Gasteiger partial charge < -0.3 is 5.32 Å². The van der Waals surface area contributed by atoms with Gasteiger partial charge in [-0.2, -0.15) is 12.7 Å². The quantitative estimate of drug-likeness (QED) is 0.712. The van der Waals surface area contributed by atoms with E-state index in [1.807, 2.05) is 6.92 Å². The van der Waals surface area contributed by atoms with E-state index < -0.39 is 10.2 Å². The molecule has 1 unspecified atom stereocenters. The fourth-order valence-corrected chi connectivity index (χ4v) is 2.89. The number of piperidine rings is 1. The molecule has 1 heterocycles. The summed E-state index contributed by atoms with van der Waals surface area (Å²) in [5, 5.41) is 3.34. The van der Waals surface area contributed by atoms with Gasteiger partial charge in [0.1, 0.15) is 0 Å². The molecule has 6 heteroatoms.